The molecule has 2 aromatic carbocycles. The van der Waals surface area contributed by atoms with Crippen molar-refractivity contribution in [1.82, 2.24) is 0 Å². The number of methoxy groups -OCH3 is 2. The molecule has 1 unspecified atom stereocenters. The minimum absolute atomic E-state index is 0.537. The predicted molar refractivity (Wildman–Crippen MR) is 123 cm³/mol. The Balaban J connectivity index is 2.33. The minimum Gasteiger partial charge on any atom is -0.468 e. The molecule has 1 atom stereocenters. The minimum atomic E-state index is -1.18. The van der Waals surface area contributed by atoms with Crippen molar-refractivity contribution in [1.29, 1.82) is 0 Å². The van der Waals surface area contributed by atoms with Gasteiger partial charge in [-0.15, -0.1) is 0 Å². The summed E-state index contributed by atoms with van der Waals surface area (Å²) in [5.41, 5.74) is 4.31. The zero-order chi connectivity index (χ0) is 23.3. The van der Waals surface area contributed by atoms with E-state index in [0.717, 1.165) is 27.8 Å². The highest BCUT2D eigenvalue weighted by atomic mass is 16.5. The summed E-state index contributed by atoms with van der Waals surface area (Å²) >= 11 is 0. The predicted octanol–water partition coefficient (Wildman–Crippen LogP) is 5.47. The molecule has 0 saturated carbocycles. The van der Waals surface area contributed by atoms with E-state index in [1.54, 1.807) is 0 Å². The molecule has 0 amide bonds. The molecule has 166 valence electrons. The van der Waals surface area contributed by atoms with Crippen molar-refractivity contribution < 1.29 is 23.5 Å². The van der Waals surface area contributed by atoms with E-state index in [1.807, 2.05) is 74.5 Å². The van der Waals surface area contributed by atoms with Gasteiger partial charge in [0.15, 0.2) is 5.92 Å². The van der Waals surface area contributed by atoms with Crippen molar-refractivity contribution in [2.45, 2.75) is 26.2 Å². The summed E-state index contributed by atoms with van der Waals surface area (Å²) in [6.45, 7) is 7.88. The summed E-state index contributed by atoms with van der Waals surface area (Å²) in [6, 6.07) is 19.2. The molecule has 0 bridgehead atoms. The number of carbonyl (C=O) groups is 2. The fourth-order valence-electron chi connectivity index (χ4n) is 4.12. The van der Waals surface area contributed by atoms with Crippen LogP contribution in [0, 0.1) is 12.8 Å². The lowest BCUT2D eigenvalue weighted by Crippen LogP contribution is -2.33. The molecule has 5 heteroatoms. The largest absolute Gasteiger partial charge is 0.468 e. The number of rotatable bonds is 8. The molecule has 32 heavy (non-hydrogen) atoms. The number of esters is 2. The third-order valence-corrected chi connectivity index (χ3v) is 5.46. The van der Waals surface area contributed by atoms with Crippen LogP contribution in [0.15, 0.2) is 77.2 Å². The lowest BCUT2D eigenvalue weighted by molar-refractivity contribution is -0.159. The number of furan rings is 1. The molecular formula is C27H28O5. The first kappa shape index (κ1) is 23.1. The first-order chi connectivity index (χ1) is 15.4. The fraction of sp³-hybridized carbons (Fsp3) is 0.259. The van der Waals surface area contributed by atoms with Gasteiger partial charge < -0.3 is 13.9 Å². The molecule has 0 radical (unpaired) electrons. The quantitative estimate of drug-likeness (QED) is 0.268. The van der Waals surface area contributed by atoms with Gasteiger partial charge in [0, 0.05) is 22.6 Å². The Kier molecular flexibility index (Phi) is 7.31. The fourth-order valence-corrected chi connectivity index (χ4v) is 4.12. The van der Waals surface area contributed by atoms with Crippen molar-refractivity contribution in [2.24, 2.45) is 5.92 Å². The van der Waals surface area contributed by atoms with Gasteiger partial charge in [0.2, 0.25) is 0 Å². The highest BCUT2D eigenvalue weighted by Gasteiger charge is 2.42. The van der Waals surface area contributed by atoms with E-state index in [1.165, 1.54) is 14.2 Å². The van der Waals surface area contributed by atoms with Crippen molar-refractivity contribution in [3.05, 3.63) is 95.3 Å². The van der Waals surface area contributed by atoms with Gasteiger partial charge in [-0.2, -0.15) is 0 Å². The van der Waals surface area contributed by atoms with Gasteiger partial charge in [0.25, 0.3) is 0 Å². The van der Waals surface area contributed by atoms with Crippen LogP contribution >= 0.6 is 0 Å². The zero-order valence-electron chi connectivity index (χ0n) is 18.9. The van der Waals surface area contributed by atoms with Gasteiger partial charge in [0.05, 0.1) is 14.2 Å². The van der Waals surface area contributed by atoms with Gasteiger partial charge in [-0.3, -0.25) is 9.59 Å². The van der Waals surface area contributed by atoms with Crippen LogP contribution in [0.2, 0.25) is 0 Å². The van der Waals surface area contributed by atoms with Crippen LogP contribution in [0.5, 0.6) is 0 Å². The third kappa shape index (κ3) is 4.67. The topological polar surface area (TPSA) is 65.7 Å². The van der Waals surface area contributed by atoms with E-state index in [0.29, 0.717) is 17.9 Å². The number of aryl methyl sites for hydroxylation is 1. The Hall–Kier alpha value is -3.60. The molecule has 0 spiro atoms. The normalized spacial score (nSPS) is 11.8. The number of hydrogen-bond donors (Lipinski definition) is 0. The average Bonchev–Trinajstić information content (AvgIpc) is 3.12. The number of hydrogen-bond acceptors (Lipinski definition) is 5. The maximum atomic E-state index is 12.9. The second-order valence-corrected chi connectivity index (χ2v) is 7.79. The second kappa shape index (κ2) is 10.1. The first-order valence-corrected chi connectivity index (χ1v) is 10.4. The summed E-state index contributed by atoms with van der Waals surface area (Å²) in [5.74, 6) is -1.81. The Labute approximate surface area is 188 Å². The van der Waals surface area contributed by atoms with Crippen LogP contribution in [0.25, 0.3) is 11.3 Å². The van der Waals surface area contributed by atoms with Crippen LogP contribution < -0.4 is 0 Å². The molecule has 1 aromatic heterocycles. The molecule has 5 nitrogen and oxygen atoms in total. The van der Waals surface area contributed by atoms with Gasteiger partial charge >= 0.3 is 11.9 Å². The first-order valence-electron chi connectivity index (χ1n) is 10.4. The highest BCUT2D eigenvalue weighted by Crippen LogP contribution is 2.43. The van der Waals surface area contributed by atoms with Gasteiger partial charge in [-0.05, 0) is 25.8 Å². The Morgan fingerprint density at radius 3 is 1.97 bits per heavy atom. The summed E-state index contributed by atoms with van der Waals surface area (Å²) in [7, 11) is 2.54. The molecule has 0 saturated heterocycles. The lowest BCUT2D eigenvalue weighted by Gasteiger charge is -2.25. The van der Waals surface area contributed by atoms with E-state index >= 15 is 0 Å². The summed E-state index contributed by atoms with van der Waals surface area (Å²) in [5, 5.41) is 0. The van der Waals surface area contributed by atoms with Gasteiger partial charge in [0.1, 0.15) is 11.5 Å². The standard InChI is InChI=1S/C27H28O5/c1-17(2)16-21-22(18(3)32-25(21)20-14-10-7-11-15-20)23(19-12-8-6-9-13-19)24(26(28)30-4)27(29)31-5/h6-15,23-24H,1,16H2,2-5H3. The number of ether oxygens (including phenoxy) is 2. The van der Waals surface area contributed by atoms with E-state index in [-0.39, 0.29) is 0 Å². The Morgan fingerprint density at radius 2 is 1.47 bits per heavy atom. The average molecular weight is 433 g/mol. The van der Waals surface area contributed by atoms with Crippen LogP contribution in [0.3, 0.4) is 0 Å². The molecule has 3 rings (SSSR count). The van der Waals surface area contributed by atoms with E-state index in [9.17, 15) is 9.59 Å². The van der Waals surface area contributed by atoms with Crippen LogP contribution in [0.1, 0.15) is 35.3 Å². The molecule has 0 N–H and O–H groups in total. The Bertz CT molecular complexity index is 1080. The smallest absolute Gasteiger partial charge is 0.321 e. The number of benzene rings is 2. The maximum absolute atomic E-state index is 12.9. The summed E-state index contributed by atoms with van der Waals surface area (Å²) in [6.07, 6.45) is 0.537. The summed E-state index contributed by atoms with van der Waals surface area (Å²) in [4.78, 5) is 25.7. The van der Waals surface area contributed by atoms with Crippen molar-refractivity contribution in [3.8, 4) is 11.3 Å². The maximum Gasteiger partial charge on any atom is 0.321 e. The zero-order valence-corrected chi connectivity index (χ0v) is 18.9. The van der Waals surface area contributed by atoms with Crippen molar-refractivity contribution in [2.75, 3.05) is 14.2 Å². The molecule has 0 aliphatic heterocycles. The molecule has 0 aliphatic carbocycles. The SMILES string of the molecule is C=C(C)Cc1c(-c2ccccc2)oc(C)c1C(c1ccccc1)C(C(=O)OC)C(=O)OC. The molecule has 3 aromatic rings. The number of allylic oxidation sites excluding steroid dienone is 1. The van der Waals surface area contributed by atoms with E-state index in [4.69, 9.17) is 13.9 Å². The van der Waals surface area contributed by atoms with E-state index < -0.39 is 23.8 Å². The van der Waals surface area contributed by atoms with Crippen LogP contribution in [-0.4, -0.2) is 26.2 Å². The van der Waals surface area contributed by atoms with Gasteiger partial charge in [-0.1, -0.05) is 72.8 Å². The molecule has 1 heterocycles. The summed E-state index contributed by atoms with van der Waals surface area (Å²) < 4.78 is 16.3. The molecular weight excluding hydrogens is 404 g/mol. The third-order valence-electron chi connectivity index (χ3n) is 5.46. The lowest BCUT2D eigenvalue weighted by atomic mass is 9.77. The Morgan fingerprint density at radius 1 is 0.938 bits per heavy atom. The van der Waals surface area contributed by atoms with Crippen molar-refractivity contribution in [3.63, 3.8) is 0 Å². The second-order valence-electron chi connectivity index (χ2n) is 7.79. The highest BCUT2D eigenvalue weighted by molar-refractivity contribution is 5.97. The van der Waals surface area contributed by atoms with Crippen LogP contribution in [-0.2, 0) is 25.5 Å². The molecule has 0 fully saturated rings. The van der Waals surface area contributed by atoms with E-state index in [2.05, 4.69) is 6.58 Å². The monoisotopic (exact) mass is 432 g/mol. The molecule has 0 aliphatic rings. The van der Waals surface area contributed by atoms with Crippen molar-refractivity contribution >= 4 is 11.9 Å². The van der Waals surface area contributed by atoms with Gasteiger partial charge in [-0.25, -0.2) is 0 Å². The van der Waals surface area contributed by atoms with Crippen LogP contribution in [0.4, 0.5) is 0 Å². The number of carbonyl (C=O) groups excluding carboxylic acids is 2.